The van der Waals surface area contributed by atoms with Gasteiger partial charge in [0.05, 0.1) is 0 Å². The van der Waals surface area contributed by atoms with Gasteiger partial charge in [-0.2, -0.15) is 0 Å². The summed E-state index contributed by atoms with van der Waals surface area (Å²) in [6.45, 7) is 6.95. The van der Waals surface area contributed by atoms with Crippen molar-refractivity contribution in [2.45, 2.75) is 39.7 Å². The molecule has 1 heterocycles. The predicted molar refractivity (Wildman–Crippen MR) is 141 cm³/mol. The first-order valence-electron chi connectivity index (χ1n) is 11.7. The summed E-state index contributed by atoms with van der Waals surface area (Å²) in [6, 6.07) is 16.3. The van der Waals surface area contributed by atoms with Crippen molar-refractivity contribution < 1.29 is 9.59 Å². The zero-order valence-corrected chi connectivity index (χ0v) is 21.0. The maximum Gasteiger partial charge on any atom is 0.241 e. The second-order valence-corrected chi connectivity index (χ2v) is 9.88. The monoisotopic (exact) mass is 479 g/mol. The van der Waals surface area contributed by atoms with Crippen molar-refractivity contribution in [3.8, 4) is 0 Å². The van der Waals surface area contributed by atoms with Gasteiger partial charge in [0.2, 0.25) is 11.8 Å². The average molecular weight is 480 g/mol. The van der Waals surface area contributed by atoms with Crippen LogP contribution in [0.15, 0.2) is 54.1 Å². The Bertz CT molecular complexity index is 1070. The fraction of sp³-hybridized carbons (Fsp3) is 0.357. The molecule has 0 bridgehead atoms. The Labute approximate surface area is 208 Å². The van der Waals surface area contributed by atoms with Gasteiger partial charge < -0.3 is 16.0 Å². The first kappa shape index (κ1) is 25.7. The third kappa shape index (κ3) is 5.43. The molecule has 5 nitrogen and oxygen atoms in total. The van der Waals surface area contributed by atoms with Crippen molar-refractivity contribution in [3.05, 3.63) is 76.4 Å². The summed E-state index contributed by atoms with van der Waals surface area (Å²) in [5, 5.41) is 2.80. The number of halogens is 1. The third-order valence-electron chi connectivity index (χ3n) is 6.42. The van der Waals surface area contributed by atoms with Gasteiger partial charge in [0.1, 0.15) is 6.04 Å². The number of fused-ring (bicyclic) bond motifs is 2. The quantitative estimate of drug-likeness (QED) is 0.580. The van der Waals surface area contributed by atoms with Gasteiger partial charge in [-0.3, -0.25) is 9.59 Å². The number of piperidine rings is 1. The number of rotatable bonds is 3. The van der Waals surface area contributed by atoms with Gasteiger partial charge >= 0.3 is 0 Å². The van der Waals surface area contributed by atoms with E-state index in [1.54, 1.807) is 0 Å². The van der Waals surface area contributed by atoms with E-state index < -0.39 is 11.5 Å². The van der Waals surface area contributed by atoms with E-state index >= 15 is 0 Å². The number of nitrogens with one attached hydrogen (secondary N) is 1. The molecule has 1 aliphatic heterocycles. The standard InChI is InChI=1S/C28H33N3O2.ClH/c1-28(2,3)27(33)30-18-24(29)26(32)31-16-14-21(15-17-31)25-22-10-6-4-8-19(22)12-13-20-9-5-7-11-23(20)25;/h4-13,24H,14-18,29H2,1-3H3,(H,30,33);1H. The first-order valence-corrected chi connectivity index (χ1v) is 11.7. The Morgan fingerprint density at radius 3 is 1.94 bits per heavy atom. The summed E-state index contributed by atoms with van der Waals surface area (Å²) < 4.78 is 0. The predicted octanol–water partition coefficient (Wildman–Crippen LogP) is 4.51. The minimum atomic E-state index is -0.728. The van der Waals surface area contributed by atoms with Crippen LogP contribution < -0.4 is 11.1 Å². The Balaban J connectivity index is 0.00000324. The Kier molecular flexibility index (Phi) is 8.01. The molecule has 1 atom stereocenters. The topological polar surface area (TPSA) is 75.4 Å². The molecule has 180 valence electrons. The Morgan fingerprint density at radius 2 is 1.44 bits per heavy atom. The number of nitrogens with two attached hydrogens (primary N) is 1. The normalized spacial score (nSPS) is 16.1. The maximum absolute atomic E-state index is 12.9. The number of hydrogen-bond donors (Lipinski definition) is 2. The van der Waals surface area contributed by atoms with Gasteiger partial charge in [-0.05, 0) is 40.7 Å². The van der Waals surface area contributed by atoms with Crippen LogP contribution in [0.25, 0.3) is 17.7 Å². The van der Waals surface area contributed by atoms with Crippen LogP contribution in [-0.4, -0.2) is 42.4 Å². The second-order valence-electron chi connectivity index (χ2n) is 9.88. The van der Waals surface area contributed by atoms with Crippen molar-refractivity contribution >= 4 is 41.9 Å². The van der Waals surface area contributed by atoms with Crippen molar-refractivity contribution in [1.29, 1.82) is 0 Å². The minimum absolute atomic E-state index is 0. The van der Waals surface area contributed by atoms with E-state index in [0.717, 1.165) is 12.8 Å². The van der Waals surface area contributed by atoms with E-state index in [-0.39, 0.29) is 30.8 Å². The molecule has 0 aromatic heterocycles. The number of amides is 2. The molecule has 1 saturated heterocycles. The molecule has 4 rings (SSSR count). The molecular formula is C28H34ClN3O2. The fourth-order valence-corrected chi connectivity index (χ4v) is 4.48. The zero-order valence-electron chi connectivity index (χ0n) is 20.1. The molecular weight excluding hydrogens is 446 g/mol. The van der Waals surface area contributed by atoms with Crippen LogP contribution in [0.1, 0.15) is 55.9 Å². The number of carbonyl (C=O) groups is 2. The zero-order chi connectivity index (χ0) is 23.6. The molecule has 1 aliphatic carbocycles. The highest BCUT2D eigenvalue weighted by Gasteiger charge is 2.28. The summed E-state index contributed by atoms with van der Waals surface area (Å²) >= 11 is 0. The number of carbonyl (C=O) groups excluding carboxylic acids is 2. The van der Waals surface area contributed by atoms with Crippen molar-refractivity contribution in [3.63, 3.8) is 0 Å². The molecule has 2 aromatic carbocycles. The van der Waals surface area contributed by atoms with E-state index in [4.69, 9.17) is 5.73 Å². The number of likely N-dealkylation sites (tertiary alicyclic amines) is 1. The second kappa shape index (κ2) is 10.6. The first-order chi connectivity index (χ1) is 15.8. The molecule has 2 amide bonds. The van der Waals surface area contributed by atoms with Crippen LogP contribution in [0, 0.1) is 5.41 Å². The van der Waals surface area contributed by atoms with Crippen LogP contribution in [0.4, 0.5) is 0 Å². The number of benzene rings is 2. The fourth-order valence-electron chi connectivity index (χ4n) is 4.48. The molecule has 2 aromatic rings. The lowest BCUT2D eigenvalue weighted by atomic mass is 9.86. The average Bonchev–Trinajstić information content (AvgIpc) is 2.98. The lowest BCUT2D eigenvalue weighted by Crippen LogP contribution is -2.52. The largest absolute Gasteiger partial charge is 0.354 e. The lowest BCUT2D eigenvalue weighted by molar-refractivity contribution is -0.133. The van der Waals surface area contributed by atoms with Gasteiger partial charge in [0.25, 0.3) is 0 Å². The van der Waals surface area contributed by atoms with E-state index in [1.807, 2.05) is 25.7 Å². The summed E-state index contributed by atoms with van der Waals surface area (Å²) in [7, 11) is 0. The highest BCUT2D eigenvalue weighted by molar-refractivity contribution is 5.95. The van der Waals surface area contributed by atoms with Crippen LogP contribution in [0.2, 0.25) is 0 Å². The van der Waals surface area contributed by atoms with Gasteiger partial charge in [0, 0.05) is 25.0 Å². The maximum atomic E-state index is 12.9. The van der Waals surface area contributed by atoms with Crippen LogP contribution in [0.5, 0.6) is 0 Å². The minimum Gasteiger partial charge on any atom is -0.354 e. The van der Waals surface area contributed by atoms with E-state index in [2.05, 4.69) is 66.0 Å². The van der Waals surface area contributed by atoms with E-state index in [1.165, 1.54) is 33.4 Å². The summed E-state index contributed by atoms with van der Waals surface area (Å²) in [4.78, 5) is 26.9. The molecule has 2 aliphatic rings. The highest BCUT2D eigenvalue weighted by atomic mass is 35.5. The molecule has 6 heteroatoms. The smallest absolute Gasteiger partial charge is 0.241 e. The van der Waals surface area contributed by atoms with Crippen molar-refractivity contribution in [2.24, 2.45) is 11.1 Å². The van der Waals surface area contributed by atoms with Crippen LogP contribution >= 0.6 is 12.4 Å². The van der Waals surface area contributed by atoms with Crippen LogP contribution in [-0.2, 0) is 9.59 Å². The molecule has 34 heavy (non-hydrogen) atoms. The number of nitrogens with zero attached hydrogens (tertiary/aromatic N) is 1. The van der Waals surface area contributed by atoms with Crippen molar-refractivity contribution in [1.82, 2.24) is 10.2 Å². The van der Waals surface area contributed by atoms with Gasteiger partial charge in [-0.1, -0.05) is 87.0 Å². The van der Waals surface area contributed by atoms with Crippen LogP contribution in [0.3, 0.4) is 0 Å². The molecule has 0 radical (unpaired) electrons. The Morgan fingerprint density at radius 1 is 0.941 bits per heavy atom. The number of hydrogen-bond acceptors (Lipinski definition) is 3. The van der Waals surface area contributed by atoms with Gasteiger partial charge in [0.15, 0.2) is 0 Å². The Hall–Kier alpha value is -2.89. The van der Waals surface area contributed by atoms with E-state index in [0.29, 0.717) is 13.1 Å². The van der Waals surface area contributed by atoms with Gasteiger partial charge in [-0.15, -0.1) is 12.4 Å². The SMILES string of the molecule is CC(C)(C)C(=O)NCC(N)C(=O)N1CCC(=C2c3ccccc3C=Cc3ccccc32)CC1.Cl. The van der Waals surface area contributed by atoms with E-state index in [9.17, 15) is 9.59 Å². The summed E-state index contributed by atoms with van der Waals surface area (Å²) in [5.41, 5.74) is 13.2. The third-order valence-corrected chi connectivity index (χ3v) is 6.42. The molecule has 3 N–H and O–H groups in total. The van der Waals surface area contributed by atoms with Gasteiger partial charge in [-0.25, -0.2) is 0 Å². The summed E-state index contributed by atoms with van der Waals surface area (Å²) in [6.07, 6.45) is 5.99. The molecule has 0 spiro atoms. The summed E-state index contributed by atoms with van der Waals surface area (Å²) in [5.74, 6) is -0.202. The molecule has 0 saturated carbocycles. The molecule has 1 fully saturated rings. The molecule has 1 unspecified atom stereocenters. The lowest BCUT2D eigenvalue weighted by Gasteiger charge is -2.32. The highest BCUT2D eigenvalue weighted by Crippen LogP contribution is 2.38. The van der Waals surface area contributed by atoms with Crippen molar-refractivity contribution in [2.75, 3.05) is 19.6 Å².